The van der Waals surface area contributed by atoms with Gasteiger partial charge in [-0.2, -0.15) is 13.2 Å². The maximum atomic E-state index is 13.3. The number of hydrogen-bond acceptors (Lipinski definition) is 2. The Morgan fingerprint density at radius 2 is 1.60 bits per heavy atom. The van der Waals surface area contributed by atoms with E-state index in [1.807, 2.05) is 0 Å². The van der Waals surface area contributed by atoms with E-state index in [0.29, 0.717) is 5.56 Å². The van der Waals surface area contributed by atoms with Crippen LogP contribution in [0.4, 0.5) is 17.6 Å². The lowest BCUT2D eigenvalue weighted by molar-refractivity contribution is -0.140. The summed E-state index contributed by atoms with van der Waals surface area (Å²) in [5.74, 6) is 4.11. The van der Waals surface area contributed by atoms with Crippen molar-refractivity contribution in [2.75, 3.05) is 0 Å². The number of nitrogens with two attached hydrogens (primary N) is 1. The maximum absolute atomic E-state index is 13.3. The predicted molar refractivity (Wildman–Crippen MR) is 67.0 cm³/mol. The Bertz CT molecular complexity index is 581. The third kappa shape index (κ3) is 2.97. The lowest BCUT2D eigenvalue weighted by Gasteiger charge is -2.18. The molecular weight excluding hydrogens is 272 g/mol. The van der Waals surface area contributed by atoms with Gasteiger partial charge in [0.05, 0.1) is 11.6 Å². The molecule has 6 heteroatoms. The van der Waals surface area contributed by atoms with Crippen molar-refractivity contribution >= 4 is 0 Å². The molecule has 0 bridgehead atoms. The summed E-state index contributed by atoms with van der Waals surface area (Å²) < 4.78 is 51.4. The van der Waals surface area contributed by atoms with Crippen LogP contribution in [0.15, 0.2) is 48.5 Å². The van der Waals surface area contributed by atoms with Crippen LogP contribution in [0, 0.1) is 5.82 Å². The normalized spacial score (nSPS) is 13.2. The Morgan fingerprint density at radius 1 is 0.950 bits per heavy atom. The van der Waals surface area contributed by atoms with Crippen molar-refractivity contribution < 1.29 is 17.6 Å². The molecule has 0 amide bonds. The number of alkyl halides is 3. The third-order valence-electron chi connectivity index (χ3n) is 2.93. The zero-order valence-corrected chi connectivity index (χ0v) is 10.3. The van der Waals surface area contributed by atoms with E-state index in [1.165, 1.54) is 6.07 Å². The fourth-order valence-electron chi connectivity index (χ4n) is 1.97. The minimum atomic E-state index is -4.74. The highest BCUT2D eigenvalue weighted by Gasteiger charge is 2.34. The molecule has 20 heavy (non-hydrogen) atoms. The van der Waals surface area contributed by atoms with E-state index >= 15 is 0 Å². The van der Waals surface area contributed by atoms with Crippen molar-refractivity contribution in [1.29, 1.82) is 0 Å². The van der Waals surface area contributed by atoms with Crippen molar-refractivity contribution in [2.45, 2.75) is 12.2 Å². The summed E-state index contributed by atoms with van der Waals surface area (Å²) in [7, 11) is 0. The Morgan fingerprint density at radius 3 is 2.15 bits per heavy atom. The van der Waals surface area contributed by atoms with E-state index in [1.54, 1.807) is 30.3 Å². The summed E-state index contributed by atoms with van der Waals surface area (Å²) in [6, 6.07) is 10.9. The maximum Gasteiger partial charge on any atom is 0.419 e. The highest BCUT2D eigenvalue weighted by Crippen LogP contribution is 2.33. The molecule has 0 radical (unpaired) electrons. The molecule has 0 aliphatic heterocycles. The molecule has 0 fully saturated rings. The SMILES string of the molecule is NN[C@H](c1ccccc1)c1ccc(F)c(C(F)(F)F)c1. The minimum absolute atomic E-state index is 0.243. The van der Waals surface area contributed by atoms with E-state index < -0.39 is 23.6 Å². The van der Waals surface area contributed by atoms with Crippen LogP contribution in [0.3, 0.4) is 0 Å². The molecule has 0 heterocycles. The third-order valence-corrected chi connectivity index (χ3v) is 2.93. The van der Waals surface area contributed by atoms with Gasteiger partial charge in [-0.1, -0.05) is 36.4 Å². The zero-order chi connectivity index (χ0) is 14.8. The Balaban J connectivity index is 2.46. The van der Waals surface area contributed by atoms with Gasteiger partial charge in [0.25, 0.3) is 0 Å². The largest absolute Gasteiger partial charge is 0.419 e. The van der Waals surface area contributed by atoms with E-state index in [0.717, 1.165) is 12.1 Å². The van der Waals surface area contributed by atoms with Crippen LogP contribution in [-0.4, -0.2) is 0 Å². The molecule has 0 aliphatic carbocycles. The standard InChI is InChI=1S/C14H12F4N2/c15-12-7-6-10(8-11(12)14(16,17)18)13(20-19)9-4-2-1-3-5-9/h1-8,13,20H,19H2/t13-/m1/s1. The quantitative estimate of drug-likeness (QED) is 0.515. The highest BCUT2D eigenvalue weighted by atomic mass is 19.4. The molecule has 3 N–H and O–H groups in total. The summed E-state index contributed by atoms with van der Waals surface area (Å²) in [6.45, 7) is 0. The first-order valence-electron chi connectivity index (χ1n) is 5.81. The van der Waals surface area contributed by atoms with Gasteiger partial charge in [0.15, 0.2) is 0 Å². The summed E-state index contributed by atoms with van der Waals surface area (Å²) in [6.07, 6.45) is -4.74. The molecule has 2 aromatic rings. The number of hydrogen-bond donors (Lipinski definition) is 2. The van der Waals surface area contributed by atoms with Crippen LogP contribution in [0.5, 0.6) is 0 Å². The van der Waals surface area contributed by atoms with Crippen molar-refractivity contribution in [3.8, 4) is 0 Å². The highest BCUT2D eigenvalue weighted by molar-refractivity contribution is 5.35. The molecule has 2 nitrogen and oxygen atoms in total. The monoisotopic (exact) mass is 284 g/mol. The summed E-state index contributed by atoms with van der Waals surface area (Å²) in [5, 5.41) is 0. The van der Waals surface area contributed by atoms with E-state index in [-0.39, 0.29) is 5.56 Å². The van der Waals surface area contributed by atoms with E-state index in [2.05, 4.69) is 5.43 Å². The Kier molecular flexibility index (Phi) is 4.06. The molecule has 0 saturated carbocycles. The molecular formula is C14H12F4N2. The second kappa shape index (κ2) is 5.60. The van der Waals surface area contributed by atoms with Gasteiger partial charge < -0.3 is 0 Å². The number of benzene rings is 2. The van der Waals surface area contributed by atoms with Crippen molar-refractivity contribution in [3.63, 3.8) is 0 Å². The smallest absolute Gasteiger partial charge is 0.271 e. The summed E-state index contributed by atoms with van der Waals surface area (Å²) in [5.41, 5.74) is 2.08. The van der Waals surface area contributed by atoms with Gasteiger partial charge >= 0.3 is 6.18 Å². The lowest BCUT2D eigenvalue weighted by atomic mass is 9.97. The van der Waals surface area contributed by atoms with E-state index in [9.17, 15) is 17.6 Å². The van der Waals surface area contributed by atoms with Gasteiger partial charge in [0, 0.05) is 0 Å². The first-order valence-corrected chi connectivity index (χ1v) is 5.81. The van der Waals surface area contributed by atoms with Crippen LogP contribution in [0.2, 0.25) is 0 Å². The Hall–Kier alpha value is -1.92. The second-order valence-electron chi connectivity index (χ2n) is 4.25. The van der Waals surface area contributed by atoms with Crippen molar-refractivity contribution in [1.82, 2.24) is 5.43 Å². The number of nitrogens with one attached hydrogen (secondary N) is 1. The average Bonchev–Trinajstić information content (AvgIpc) is 2.41. The summed E-state index contributed by atoms with van der Waals surface area (Å²) >= 11 is 0. The van der Waals surface area contributed by atoms with Crippen LogP contribution in [0.1, 0.15) is 22.7 Å². The van der Waals surface area contributed by atoms with Crippen LogP contribution >= 0.6 is 0 Å². The van der Waals surface area contributed by atoms with Gasteiger partial charge in [-0.05, 0) is 23.3 Å². The first-order chi connectivity index (χ1) is 9.43. The van der Waals surface area contributed by atoms with Gasteiger partial charge in [-0.3, -0.25) is 5.84 Å². The molecule has 0 spiro atoms. The van der Waals surface area contributed by atoms with Gasteiger partial charge in [0.1, 0.15) is 5.82 Å². The van der Waals surface area contributed by atoms with Gasteiger partial charge in [0.2, 0.25) is 0 Å². The topological polar surface area (TPSA) is 38.0 Å². The summed E-state index contributed by atoms with van der Waals surface area (Å²) in [4.78, 5) is 0. The molecule has 106 valence electrons. The average molecular weight is 284 g/mol. The first kappa shape index (κ1) is 14.5. The number of hydrazine groups is 1. The van der Waals surface area contributed by atoms with Crippen LogP contribution < -0.4 is 11.3 Å². The molecule has 0 aliphatic rings. The predicted octanol–water partition coefficient (Wildman–Crippen LogP) is 3.40. The van der Waals surface area contributed by atoms with Gasteiger partial charge in [-0.15, -0.1) is 0 Å². The number of halogens is 4. The molecule has 2 aromatic carbocycles. The van der Waals surface area contributed by atoms with Crippen molar-refractivity contribution in [3.05, 3.63) is 71.0 Å². The fourth-order valence-corrected chi connectivity index (χ4v) is 1.97. The molecule has 0 saturated heterocycles. The zero-order valence-electron chi connectivity index (χ0n) is 10.3. The minimum Gasteiger partial charge on any atom is -0.271 e. The lowest BCUT2D eigenvalue weighted by Crippen LogP contribution is -2.29. The second-order valence-corrected chi connectivity index (χ2v) is 4.25. The molecule has 2 rings (SSSR count). The van der Waals surface area contributed by atoms with Gasteiger partial charge in [-0.25, -0.2) is 9.82 Å². The fraction of sp³-hybridized carbons (Fsp3) is 0.143. The molecule has 1 atom stereocenters. The van der Waals surface area contributed by atoms with Crippen LogP contribution in [0.25, 0.3) is 0 Å². The Labute approximate surface area is 113 Å². The molecule has 0 aromatic heterocycles. The van der Waals surface area contributed by atoms with E-state index in [4.69, 9.17) is 5.84 Å². The number of rotatable bonds is 3. The van der Waals surface area contributed by atoms with Crippen LogP contribution in [-0.2, 0) is 6.18 Å². The molecule has 0 unspecified atom stereocenters. The van der Waals surface area contributed by atoms with Crippen molar-refractivity contribution in [2.24, 2.45) is 5.84 Å².